The number of halogens is 1. The van der Waals surface area contributed by atoms with Gasteiger partial charge in [0.25, 0.3) is 0 Å². The molecule has 0 bridgehead atoms. The molecule has 1 amide bonds. The third kappa shape index (κ3) is 7.21. The fraction of sp³-hybridized carbons (Fsp3) is 0.895. The second-order valence-electron chi connectivity index (χ2n) is 7.61. The molecule has 26 heavy (non-hydrogen) atoms. The number of guanidine groups is 1. The summed E-state index contributed by atoms with van der Waals surface area (Å²) in [5.41, 5.74) is 0. The molecule has 2 N–H and O–H groups in total. The van der Waals surface area contributed by atoms with Gasteiger partial charge in [0.15, 0.2) is 5.96 Å². The van der Waals surface area contributed by atoms with Gasteiger partial charge < -0.3 is 15.5 Å². The van der Waals surface area contributed by atoms with E-state index in [-0.39, 0.29) is 29.9 Å². The number of nitrogens with one attached hydrogen (secondary N) is 2. The Morgan fingerprint density at radius 2 is 1.88 bits per heavy atom. The van der Waals surface area contributed by atoms with Gasteiger partial charge in [-0.15, -0.1) is 24.0 Å². The molecular formula is C19H38IN5O. The van der Waals surface area contributed by atoms with E-state index in [0.717, 1.165) is 44.5 Å². The summed E-state index contributed by atoms with van der Waals surface area (Å²) in [7, 11) is 0. The van der Waals surface area contributed by atoms with Crippen LogP contribution in [-0.2, 0) is 4.79 Å². The fourth-order valence-electron chi connectivity index (χ4n) is 3.65. The minimum atomic E-state index is 0. The number of hydrogen-bond acceptors (Lipinski definition) is 3. The van der Waals surface area contributed by atoms with E-state index in [0.29, 0.717) is 18.5 Å². The summed E-state index contributed by atoms with van der Waals surface area (Å²) in [5.74, 6) is 2.00. The van der Waals surface area contributed by atoms with Gasteiger partial charge in [0.05, 0.1) is 6.54 Å². The molecular weight excluding hydrogens is 441 g/mol. The second kappa shape index (κ2) is 12.0. The number of likely N-dealkylation sites (tertiary alicyclic amines) is 2. The molecule has 152 valence electrons. The van der Waals surface area contributed by atoms with Crippen LogP contribution in [0.2, 0.25) is 0 Å². The quantitative estimate of drug-likeness (QED) is 0.349. The van der Waals surface area contributed by atoms with Gasteiger partial charge in [0.2, 0.25) is 5.91 Å². The van der Waals surface area contributed by atoms with E-state index < -0.39 is 0 Å². The zero-order chi connectivity index (χ0) is 18.2. The Bertz CT molecular complexity index is 451. The maximum absolute atomic E-state index is 11.8. The summed E-state index contributed by atoms with van der Waals surface area (Å²) < 4.78 is 0. The van der Waals surface area contributed by atoms with Crippen molar-refractivity contribution in [2.24, 2.45) is 10.9 Å². The lowest BCUT2D eigenvalue weighted by Gasteiger charge is -2.34. The van der Waals surface area contributed by atoms with Gasteiger partial charge in [-0.2, -0.15) is 0 Å². The molecule has 0 aromatic heterocycles. The van der Waals surface area contributed by atoms with Crippen LogP contribution in [0.25, 0.3) is 0 Å². The molecule has 2 aliphatic heterocycles. The Morgan fingerprint density at radius 3 is 2.50 bits per heavy atom. The third-order valence-corrected chi connectivity index (χ3v) is 5.48. The van der Waals surface area contributed by atoms with Crippen LogP contribution >= 0.6 is 24.0 Å². The molecule has 0 spiro atoms. The Kier molecular flexibility index (Phi) is 10.8. The fourth-order valence-corrected chi connectivity index (χ4v) is 3.65. The van der Waals surface area contributed by atoms with Gasteiger partial charge in [-0.3, -0.25) is 14.7 Å². The van der Waals surface area contributed by atoms with Gasteiger partial charge in [-0.05, 0) is 52.1 Å². The highest BCUT2D eigenvalue weighted by Crippen LogP contribution is 2.18. The molecule has 2 heterocycles. The van der Waals surface area contributed by atoms with E-state index in [4.69, 9.17) is 4.99 Å². The van der Waals surface area contributed by atoms with Crippen molar-refractivity contribution in [1.82, 2.24) is 20.4 Å². The van der Waals surface area contributed by atoms with Crippen molar-refractivity contribution in [2.45, 2.75) is 65.5 Å². The summed E-state index contributed by atoms with van der Waals surface area (Å²) in [6.07, 6.45) is 4.19. The van der Waals surface area contributed by atoms with Crippen molar-refractivity contribution in [1.29, 1.82) is 0 Å². The van der Waals surface area contributed by atoms with Crippen molar-refractivity contribution in [3.05, 3.63) is 0 Å². The van der Waals surface area contributed by atoms with Crippen LogP contribution < -0.4 is 10.6 Å². The largest absolute Gasteiger partial charge is 0.357 e. The first-order valence-corrected chi connectivity index (χ1v) is 10.1. The highest BCUT2D eigenvalue weighted by Gasteiger charge is 2.26. The first-order valence-electron chi connectivity index (χ1n) is 10.1. The number of aliphatic imine (C=N–C) groups is 1. The zero-order valence-corrected chi connectivity index (χ0v) is 19.3. The SMILES string of the molecule is CCNC(=NCC(C)N1CCC(C)CC1)NC1CCN(C(=O)CC)C1.I. The maximum atomic E-state index is 11.8. The van der Waals surface area contributed by atoms with Crippen molar-refractivity contribution in [3.8, 4) is 0 Å². The van der Waals surface area contributed by atoms with Crippen molar-refractivity contribution in [2.75, 3.05) is 39.3 Å². The summed E-state index contributed by atoms with van der Waals surface area (Å²) in [6.45, 7) is 14.3. The molecule has 0 radical (unpaired) electrons. The predicted molar refractivity (Wildman–Crippen MR) is 119 cm³/mol. The van der Waals surface area contributed by atoms with E-state index in [9.17, 15) is 4.79 Å². The smallest absolute Gasteiger partial charge is 0.222 e. The van der Waals surface area contributed by atoms with Crippen LogP contribution in [0.1, 0.15) is 53.4 Å². The van der Waals surface area contributed by atoms with Crippen LogP contribution in [-0.4, -0.2) is 73.0 Å². The minimum absolute atomic E-state index is 0. The average Bonchev–Trinajstić information content (AvgIpc) is 3.08. The first-order chi connectivity index (χ1) is 12.0. The molecule has 7 heteroatoms. The molecule has 0 aliphatic carbocycles. The van der Waals surface area contributed by atoms with E-state index in [2.05, 4.69) is 36.3 Å². The molecule has 0 saturated carbocycles. The number of nitrogens with zero attached hydrogens (tertiary/aromatic N) is 3. The Labute approximate surface area is 176 Å². The summed E-state index contributed by atoms with van der Waals surface area (Å²) in [6, 6.07) is 0.782. The molecule has 2 fully saturated rings. The highest BCUT2D eigenvalue weighted by atomic mass is 127. The lowest BCUT2D eigenvalue weighted by Crippen LogP contribution is -2.46. The highest BCUT2D eigenvalue weighted by molar-refractivity contribution is 14.0. The van der Waals surface area contributed by atoms with Crippen LogP contribution in [0.5, 0.6) is 0 Å². The first kappa shape index (κ1) is 23.5. The molecule has 2 saturated heterocycles. The van der Waals surface area contributed by atoms with Crippen molar-refractivity contribution < 1.29 is 4.79 Å². The number of piperidine rings is 1. The molecule has 0 aromatic carbocycles. The number of amides is 1. The predicted octanol–water partition coefficient (Wildman–Crippen LogP) is 2.29. The van der Waals surface area contributed by atoms with Gasteiger partial charge in [0.1, 0.15) is 0 Å². The Hall–Kier alpha value is -0.570. The van der Waals surface area contributed by atoms with Crippen LogP contribution in [0, 0.1) is 5.92 Å². The van der Waals surface area contributed by atoms with Gasteiger partial charge in [-0.1, -0.05) is 13.8 Å². The average molecular weight is 479 g/mol. The third-order valence-electron chi connectivity index (χ3n) is 5.48. The van der Waals surface area contributed by atoms with Gasteiger partial charge in [0, 0.05) is 38.1 Å². The number of carbonyl (C=O) groups is 1. The van der Waals surface area contributed by atoms with E-state index in [1.54, 1.807) is 0 Å². The number of hydrogen-bond donors (Lipinski definition) is 2. The molecule has 2 aliphatic rings. The standard InChI is InChI=1S/C19H37N5O.HI/c1-5-18(25)24-12-9-17(14-24)22-19(20-6-2)21-13-16(4)23-10-7-15(3)8-11-23;/h15-17H,5-14H2,1-4H3,(H2,20,21,22);1H. The van der Waals surface area contributed by atoms with Crippen molar-refractivity contribution >= 4 is 35.8 Å². The zero-order valence-electron chi connectivity index (χ0n) is 17.0. The van der Waals surface area contributed by atoms with E-state index in [1.807, 2.05) is 11.8 Å². The second-order valence-corrected chi connectivity index (χ2v) is 7.61. The molecule has 2 atom stereocenters. The molecule has 0 aromatic rings. The number of carbonyl (C=O) groups excluding carboxylic acids is 1. The summed E-state index contributed by atoms with van der Waals surface area (Å²) >= 11 is 0. The summed E-state index contributed by atoms with van der Waals surface area (Å²) in [4.78, 5) is 21.2. The normalized spacial score (nSPS) is 23.5. The summed E-state index contributed by atoms with van der Waals surface area (Å²) in [5, 5.41) is 6.87. The van der Waals surface area contributed by atoms with Crippen LogP contribution in [0.15, 0.2) is 4.99 Å². The lowest BCUT2D eigenvalue weighted by molar-refractivity contribution is -0.129. The Balaban J connectivity index is 0.00000338. The van der Waals surface area contributed by atoms with Crippen molar-refractivity contribution in [3.63, 3.8) is 0 Å². The molecule has 6 nitrogen and oxygen atoms in total. The number of rotatable bonds is 6. The topological polar surface area (TPSA) is 60.0 Å². The maximum Gasteiger partial charge on any atom is 0.222 e. The van der Waals surface area contributed by atoms with E-state index >= 15 is 0 Å². The molecule has 2 unspecified atom stereocenters. The monoisotopic (exact) mass is 479 g/mol. The Morgan fingerprint density at radius 1 is 1.19 bits per heavy atom. The lowest BCUT2D eigenvalue weighted by atomic mass is 9.98. The van der Waals surface area contributed by atoms with Gasteiger partial charge >= 0.3 is 0 Å². The van der Waals surface area contributed by atoms with Gasteiger partial charge in [-0.25, -0.2) is 0 Å². The van der Waals surface area contributed by atoms with E-state index in [1.165, 1.54) is 25.9 Å². The van der Waals surface area contributed by atoms with Crippen LogP contribution in [0.3, 0.4) is 0 Å². The minimum Gasteiger partial charge on any atom is -0.357 e. The molecule has 2 rings (SSSR count). The van der Waals surface area contributed by atoms with Crippen LogP contribution in [0.4, 0.5) is 0 Å².